The number of carbonyl (C=O) groups is 1. The summed E-state index contributed by atoms with van der Waals surface area (Å²) in [4.78, 5) is 23.5. The maximum atomic E-state index is 12.5. The number of amides is 2. The first-order valence-corrected chi connectivity index (χ1v) is 11.6. The number of hydrogen-bond acceptors (Lipinski definition) is 5. The van der Waals surface area contributed by atoms with Gasteiger partial charge in [0, 0.05) is 55.7 Å². The molecule has 0 bridgehead atoms. The maximum absolute atomic E-state index is 12.5. The van der Waals surface area contributed by atoms with Crippen LogP contribution in [-0.2, 0) is 6.54 Å². The highest BCUT2D eigenvalue weighted by Crippen LogP contribution is 2.32. The van der Waals surface area contributed by atoms with Crippen molar-refractivity contribution in [3.05, 3.63) is 52.5 Å². The van der Waals surface area contributed by atoms with Crippen molar-refractivity contribution in [2.75, 3.05) is 18.4 Å². The van der Waals surface area contributed by atoms with Crippen molar-refractivity contribution in [2.24, 2.45) is 5.92 Å². The molecule has 31 heavy (non-hydrogen) atoms. The van der Waals surface area contributed by atoms with E-state index in [4.69, 9.17) is 4.98 Å². The average molecular weight is 484 g/mol. The quantitative estimate of drug-likeness (QED) is 0.576. The van der Waals surface area contributed by atoms with Gasteiger partial charge in [0.15, 0.2) is 5.65 Å². The molecule has 1 aliphatic heterocycles. The van der Waals surface area contributed by atoms with Crippen LogP contribution < -0.4 is 10.6 Å². The molecule has 1 saturated heterocycles. The SMILES string of the molecule is C[C@@H]1C[C@H]1NC(=O)N1CCC(c2cc(NCc3cccnc3)n3ncc(Br)c3n2)CC1. The van der Waals surface area contributed by atoms with E-state index in [9.17, 15) is 4.79 Å². The molecule has 0 aromatic carbocycles. The summed E-state index contributed by atoms with van der Waals surface area (Å²) >= 11 is 3.57. The molecule has 162 valence electrons. The Labute approximate surface area is 189 Å². The second-order valence-electron chi connectivity index (χ2n) is 8.54. The molecule has 0 radical (unpaired) electrons. The number of pyridine rings is 1. The van der Waals surface area contributed by atoms with Crippen LogP contribution in [0.5, 0.6) is 0 Å². The topological polar surface area (TPSA) is 87.5 Å². The highest BCUT2D eigenvalue weighted by Gasteiger charge is 2.35. The van der Waals surface area contributed by atoms with Gasteiger partial charge in [-0.3, -0.25) is 4.98 Å². The average Bonchev–Trinajstić information content (AvgIpc) is 3.36. The van der Waals surface area contributed by atoms with E-state index in [0.29, 0.717) is 24.4 Å². The smallest absolute Gasteiger partial charge is 0.317 e. The van der Waals surface area contributed by atoms with E-state index >= 15 is 0 Å². The molecule has 9 heteroatoms. The van der Waals surface area contributed by atoms with Gasteiger partial charge in [-0.1, -0.05) is 13.0 Å². The minimum absolute atomic E-state index is 0.0774. The summed E-state index contributed by atoms with van der Waals surface area (Å²) in [6, 6.07) is 6.51. The van der Waals surface area contributed by atoms with Crippen molar-refractivity contribution < 1.29 is 4.79 Å². The maximum Gasteiger partial charge on any atom is 0.317 e. The number of nitrogens with one attached hydrogen (secondary N) is 2. The number of rotatable bonds is 5. The molecule has 4 heterocycles. The highest BCUT2D eigenvalue weighted by molar-refractivity contribution is 9.10. The molecule has 0 unspecified atom stereocenters. The van der Waals surface area contributed by atoms with Gasteiger partial charge in [0.25, 0.3) is 0 Å². The predicted octanol–water partition coefficient (Wildman–Crippen LogP) is 3.80. The lowest BCUT2D eigenvalue weighted by Crippen LogP contribution is -2.45. The van der Waals surface area contributed by atoms with E-state index in [1.807, 2.05) is 27.7 Å². The molecule has 8 nitrogen and oxygen atoms in total. The van der Waals surface area contributed by atoms with Crippen LogP contribution in [0.4, 0.5) is 10.6 Å². The van der Waals surface area contributed by atoms with Gasteiger partial charge in [-0.05, 0) is 52.7 Å². The highest BCUT2D eigenvalue weighted by atomic mass is 79.9. The zero-order valence-corrected chi connectivity index (χ0v) is 19.0. The molecule has 2 atom stereocenters. The minimum atomic E-state index is 0.0774. The Kier molecular flexibility index (Phi) is 5.52. The number of fused-ring (bicyclic) bond motifs is 1. The summed E-state index contributed by atoms with van der Waals surface area (Å²) in [5.74, 6) is 1.83. The molecule has 1 saturated carbocycles. The van der Waals surface area contributed by atoms with Crippen molar-refractivity contribution in [1.82, 2.24) is 29.8 Å². The Bertz CT molecular complexity index is 1080. The first-order valence-electron chi connectivity index (χ1n) is 10.8. The largest absolute Gasteiger partial charge is 0.366 e. The molecular weight excluding hydrogens is 458 g/mol. The van der Waals surface area contributed by atoms with Gasteiger partial charge in [0.1, 0.15) is 5.82 Å². The third-order valence-corrected chi connectivity index (χ3v) is 6.82. The molecule has 1 aliphatic carbocycles. The number of aromatic nitrogens is 4. The summed E-state index contributed by atoms with van der Waals surface area (Å²) in [7, 11) is 0. The van der Waals surface area contributed by atoms with Gasteiger partial charge < -0.3 is 15.5 Å². The van der Waals surface area contributed by atoms with Gasteiger partial charge in [0.2, 0.25) is 0 Å². The second kappa shape index (κ2) is 8.45. The van der Waals surface area contributed by atoms with Gasteiger partial charge in [-0.15, -0.1) is 0 Å². The van der Waals surface area contributed by atoms with Gasteiger partial charge in [-0.2, -0.15) is 9.61 Å². The molecule has 3 aromatic rings. The van der Waals surface area contributed by atoms with E-state index in [1.54, 1.807) is 12.4 Å². The molecule has 2 aliphatic rings. The number of halogens is 1. The van der Waals surface area contributed by atoms with E-state index in [1.165, 1.54) is 0 Å². The summed E-state index contributed by atoms with van der Waals surface area (Å²) in [5, 5.41) is 11.1. The molecule has 2 fully saturated rings. The first-order chi connectivity index (χ1) is 15.1. The van der Waals surface area contributed by atoms with Crippen LogP contribution in [0.3, 0.4) is 0 Å². The second-order valence-corrected chi connectivity index (χ2v) is 9.39. The van der Waals surface area contributed by atoms with Crippen molar-refractivity contribution in [1.29, 1.82) is 0 Å². The van der Waals surface area contributed by atoms with Gasteiger partial charge in [0.05, 0.1) is 10.7 Å². The zero-order valence-electron chi connectivity index (χ0n) is 17.5. The Morgan fingerprint density at radius 1 is 1.29 bits per heavy atom. The molecule has 3 aromatic heterocycles. The number of hydrogen-bond donors (Lipinski definition) is 2. The number of anilines is 1. The lowest BCUT2D eigenvalue weighted by Gasteiger charge is -2.32. The fraction of sp³-hybridized carbons (Fsp3) is 0.455. The van der Waals surface area contributed by atoms with E-state index in [2.05, 4.69) is 49.6 Å². The van der Waals surface area contributed by atoms with E-state index < -0.39 is 0 Å². The van der Waals surface area contributed by atoms with Gasteiger partial charge in [-0.25, -0.2) is 9.78 Å². The van der Waals surface area contributed by atoms with Crippen LogP contribution in [-0.4, -0.2) is 49.6 Å². The number of carbonyl (C=O) groups excluding carboxylic acids is 1. The van der Waals surface area contributed by atoms with Crippen molar-refractivity contribution >= 4 is 33.4 Å². The van der Waals surface area contributed by atoms with Crippen LogP contribution in [0.2, 0.25) is 0 Å². The molecular formula is C22H26BrN7O. The molecule has 2 N–H and O–H groups in total. The summed E-state index contributed by atoms with van der Waals surface area (Å²) in [5.41, 5.74) is 2.94. The van der Waals surface area contributed by atoms with Crippen molar-refractivity contribution in [2.45, 2.75) is 44.7 Å². The Balaban J connectivity index is 1.30. The number of likely N-dealkylation sites (tertiary alicyclic amines) is 1. The molecule has 2 amide bonds. The Hall–Kier alpha value is -2.68. The number of nitrogens with zero attached hydrogens (tertiary/aromatic N) is 5. The minimum Gasteiger partial charge on any atom is -0.366 e. The number of piperidine rings is 1. The predicted molar refractivity (Wildman–Crippen MR) is 122 cm³/mol. The lowest BCUT2D eigenvalue weighted by atomic mass is 9.93. The monoisotopic (exact) mass is 483 g/mol. The van der Waals surface area contributed by atoms with Crippen LogP contribution in [0.15, 0.2) is 41.3 Å². The zero-order chi connectivity index (χ0) is 21.4. The fourth-order valence-electron chi connectivity index (χ4n) is 4.14. The third-order valence-electron chi connectivity index (χ3n) is 6.26. The summed E-state index contributed by atoms with van der Waals surface area (Å²) in [6.45, 7) is 4.34. The molecule has 5 rings (SSSR count). The van der Waals surface area contributed by atoms with Crippen LogP contribution in [0.25, 0.3) is 5.65 Å². The van der Waals surface area contributed by atoms with Crippen molar-refractivity contribution in [3.63, 3.8) is 0 Å². The lowest BCUT2D eigenvalue weighted by molar-refractivity contribution is 0.180. The van der Waals surface area contributed by atoms with E-state index in [-0.39, 0.29) is 6.03 Å². The van der Waals surface area contributed by atoms with Gasteiger partial charge >= 0.3 is 6.03 Å². The normalized spacial score (nSPS) is 21.3. The fourth-order valence-corrected chi connectivity index (χ4v) is 4.48. The van der Waals surface area contributed by atoms with Crippen LogP contribution in [0, 0.1) is 5.92 Å². The van der Waals surface area contributed by atoms with Crippen LogP contribution >= 0.6 is 15.9 Å². The molecule has 0 spiro atoms. The number of urea groups is 1. The van der Waals surface area contributed by atoms with E-state index in [0.717, 1.165) is 59.5 Å². The first kappa shape index (κ1) is 20.2. The standard InChI is InChI=1S/C22H26BrN7O/c1-14-9-18(14)28-22(31)29-7-4-16(5-8-29)19-10-20(25-12-15-3-2-6-24-11-15)30-21(27-19)17(23)13-26-30/h2-3,6,10-11,13-14,16,18,25H,4-5,7-9,12H2,1H3,(H,28,31)/t14-,18-/m1/s1. The van der Waals surface area contributed by atoms with Crippen LogP contribution in [0.1, 0.15) is 43.4 Å². The van der Waals surface area contributed by atoms with Crippen molar-refractivity contribution in [3.8, 4) is 0 Å². The summed E-state index contributed by atoms with van der Waals surface area (Å²) in [6.07, 6.45) is 8.31. The Morgan fingerprint density at radius 2 is 2.10 bits per heavy atom. The Morgan fingerprint density at radius 3 is 2.81 bits per heavy atom. The third kappa shape index (κ3) is 4.37. The summed E-state index contributed by atoms with van der Waals surface area (Å²) < 4.78 is 2.69.